The maximum atomic E-state index is 12.4. The van der Waals surface area contributed by atoms with Gasteiger partial charge in [0.1, 0.15) is 0 Å². The van der Waals surface area contributed by atoms with Crippen LogP contribution in [0.1, 0.15) is 15.9 Å². The molecule has 2 aromatic heterocycles. The molecule has 0 unspecified atom stereocenters. The molecule has 3 rings (SSSR count). The van der Waals surface area contributed by atoms with Crippen LogP contribution in [-0.2, 0) is 0 Å². The van der Waals surface area contributed by atoms with Gasteiger partial charge in [-0.3, -0.25) is 9.78 Å². The van der Waals surface area contributed by atoms with Gasteiger partial charge in [0.15, 0.2) is 0 Å². The minimum atomic E-state index is -0.182. The van der Waals surface area contributed by atoms with Crippen LogP contribution in [0, 0.1) is 6.92 Å². The Bertz CT molecular complexity index is 791. The van der Waals surface area contributed by atoms with Crippen molar-refractivity contribution in [2.75, 3.05) is 11.1 Å². The number of carbonyl (C=O) groups is 1. The second-order valence-electron chi connectivity index (χ2n) is 4.65. The number of pyridine rings is 1. The molecule has 0 aliphatic carbocycles. The van der Waals surface area contributed by atoms with E-state index in [1.54, 1.807) is 30.7 Å². The van der Waals surface area contributed by atoms with Crippen molar-refractivity contribution in [3.8, 4) is 0 Å². The Hall–Kier alpha value is -2.82. The fourth-order valence-corrected chi connectivity index (χ4v) is 2.11. The molecule has 0 spiro atoms. The number of aromatic nitrogens is 2. The smallest absolute Gasteiger partial charge is 0.257 e. The van der Waals surface area contributed by atoms with E-state index in [4.69, 9.17) is 5.73 Å². The van der Waals surface area contributed by atoms with Gasteiger partial charge in [0.05, 0.1) is 17.4 Å². The number of H-pyrrole nitrogens is 1. The molecule has 0 atom stereocenters. The number of amides is 1. The first kappa shape index (κ1) is 12.2. The van der Waals surface area contributed by atoms with E-state index in [0.717, 1.165) is 16.5 Å². The van der Waals surface area contributed by atoms with Crippen molar-refractivity contribution in [1.82, 2.24) is 9.97 Å². The number of rotatable bonds is 2. The van der Waals surface area contributed by atoms with Crippen LogP contribution in [0.2, 0.25) is 0 Å². The van der Waals surface area contributed by atoms with E-state index in [-0.39, 0.29) is 5.91 Å². The van der Waals surface area contributed by atoms with E-state index in [2.05, 4.69) is 15.3 Å². The van der Waals surface area contributed by atoms with E-state index in [0.29, 0.717) is 16.9 Å². The third-order valence-electron chi connectivity index (χ3n) is 3.24. The van der Waals surface area contributed by atoms with E-state index >= 15 is 0 Å². The van der Waals surface area contributed by atoms with Gasteiger partial charge < -0.3 is 16.0 Å². The van der Waals surface area contributed by atoms with Gasteiger partial charge in [-0.25, -0.2) is 0 Å². The van der Waals surface area contributed by atoms with Crippen molar-refractivity contribution in [3.05, 3.63) is 54.0 Å². The number of nitrogens with zero attached hydrogens (tertiary/aromatic N) is 1. The highest BCUT2D eigenvalue weighted by atomic mass is 16.1. The highest BCUT2D eigenvalue weighted by Gasteiger charge is 2.13. The van der Waals surface area contributed by atoms with E-state index < -0.39 is 0 Å². The number of anilines is 2. The Kier molecular flexibility index (Phi) is 2.87. The lowest BCUT2D eigenvalue weighted by Gasteiger charge is -2.06. The van der Waals surface area contributed by atoms with Crippen molar-refractivity contribution in [2.24, 2.45) is 0 Å². The molecule has 4 N–H and O–H groups in total. The zero-order valence-corrected chi connectivity index (χ0v) is 11.0. The van der Waals surface area contributed by atoms with Crippen LogP contribution in [0.25, 0.3) is 10.9 Å². The lowest BCUT2D eigenvalue weighted by molar-refractivity contribution is 0.102. The fourth-order valence-electron chi connectivity index (χ4n) is 2.11. The average Bonchev–Trinajstić information content (AvgIpc) is 2.84. The number of nitrogen functional groups attached to an aromatic ring is 1. The molecular formula is C15H14N4O. The van der Waals surface area contributed by atoms with Gasteiger partial charge >= 0.3 is 0 Å². The highest BCUT2D eigenvalue weighted by Crippen LogP contribution is 2.22. The van der Waals surface area contributed by atoms with Gasteiger partial charge in [-0.05, 0) is 36.8 Å². The van der Waals surface area contributed by atoms with Gasteiger partial charge in [0.2, 0.25) is 0 Å². The summed E-state index contributed by atoms with van der Waals surface area (Å²) in [6.45, 7) is 1.92. The zero-order chi connectivity index (χ0) is 14.1. The number of aryl methyl sites for hydroxylation is 1. The molecule has 0 bridgehead atoms. The van der Waals surface area contributed by atoms with E-state index in [1.807, 2.05) is 19.1 Å². The maximum absolute atomic E-state index is 12.4. The lowest BCUT2D eigenvalue weighted by atomic mass is 10.1. The summed E-state index contributed by atoms with van der Waals surface area (Å²) in [4.78, 5) is 19.4. The summed E-state index contributed by atoms with van der Waals surface area (Å²) in [5.74, 6) is -0.182. The second-order valence-corrected chi connectivity index (χ2v) is 4.65. The first-order chi connectivity index (χ1) is 9.65. The number of hydrogen-bond donors (Lipinski definition) is 3. The molecule has 1 aromatic carbocycles. The average molecular weight is 266 g/mol. The van der Waals surface area contributed by atoms with Gasteiger partial charge in [0, 0.05) is 29.0 Å². The molecule has 3 aromatic rings. The monoisotopic (exact) mass is 266 g/mol. The number of nitrogens with one attached hydrogen (secondary N) is 2. The minimum absolute atomic E-state index is 0.182. The number of nitrogens with two attached hydrogens (primary N) is 1. The molecule has 0 radical (unpaired) electrons. The molecule has 1 amide bonds. The number of fused-ring (bicyclic) bond motifs is 1. The molecular weight excluding hydrogens is 252 g/mol. The van der Waals surface area contributed by atoms with Gasteiger partial charge in [-0.1, -0.05) is 0 Å². The molecule has 100 valence electrons. The Morgan fingerprint density at radius 2 is 2.20 bits per heavy atom. The molecule has 20 heavy (non-hydrogen) atoms. The maximum Gasteiger partial charge on any atom is 0.257 e. The standard InChI is InChI=1S/C15H14N4O/c1-9-4-5-17-8-14(9)19-15(20)12-7-18-13-3-2-10(16)6-11(12)13/h2-8,18H,16H2,1H3,(H,19,20). The normalized spacial score (nSPS) is 10.7. The van der Waals surface area contributed by atoms with Crippen molar-refractivity contribution in [3.63, 3.8) is 0 Å². The van der Waals surface area contributed by atoms with Gasteiger partial charge in [0.25, 0.3) is 5.91 Å². The van der Waals surface area contributed by atoms with Gasteiger partial charge in [-0.15, -0.1) is 0 Å². The largest absolute Gasteiger partial charge is 0.399 e. The topological polar surface area (TPSA) is 83.8 Å². The third kappa shape index (κ3) is 2.09. The van der Waals surface area contributed by atoms with Crippen LogP contribution in [0.3, 0.4) is 0 Å². The molecule has 5 nitrogen and oxygen atoms in total. The minimum Gasteiger partial charge on any atom is -0.399 e. The van der Waals surface area contributed by atoms with Crippen LogP contribution in [0.15, 0.2) is 42.9 Å². The van der Waals surface area contributed by atoms with Crippen LogP contribution in [0.4, 0.5) is 11.4 Å². The van der Waals surface area contributed by atoms with E-state index in [1.165, 1.54) is 0 Å². The Morgan fingerprint density at radius 1 is 1.35 bits per heavy atom. The Morgan fingerprint density at radius 3 is 3.00 bits per heavy atom. The van der Waals surface area contributed by atoms with Crippen molar-refractivity contribution in [1.29, 1.82) is 0 Å². The molecule has 0 fully saturated rings. The van der Waals surface area contributed by atoms with Crippen LogP contribution >= 0.6 is 0 Å². The number of hydrogen-bond acceptors (Lipinski definition) is 3. The first-order valence-electron chi connectivity index (χ1n) is 6.24. The molecule has 0 saturated heterocycles. The summed E-state index contributed by atoms with van der Waals surface area (Å²) in [5, 5.41) is 3.67. The third-order valence-corrected chi connectivity index (χ3v) is 3.24. The molecule has 0 saturated carbocycles. The second kappa shape index (κ2) is 4.70. The Balaban J connectivity index is 1.97. The first-order valence-corrected chi connectivity index (χ1v) is 6.24. The summed E-state index contributed by atoms with van der Waals surface area (Å²) in [5.41, 5.74) is 9.52. The van der Waals surface area contributed by atoms with E-state index in [9.17, 15) is 4.79 Å². The summed E-state index contributed by atoms with van der Waals surface area (Å²) < 4.78 is 0. The number of aromatic amines is 1. The predicted octanol–water partition coefficient (Wildman–Crippen LogP) is 2.71. The van der Waals surface area contributed by atoms with Crippen LogP contribution < -0.4 is 11.1 Å². The fraction of sp³-hybridized carbons (Fsp3) is 0.0667. The van der Waals surface area contributed by atoms with Crippen LogP contribution in [0.5, 0.6) is 0 Å². The summed E-state index contributed by atoms with van der Waals surface area (Å²) in [6.07, 6.45) is 5.01. The molecule has 0 aliphatic rings. The zero-order valence-electron chi connectivity index (χ0n) is 11.0. The van der Waals surface area contributed by atoms with Crippen molar-refractivity contribution in [2.45, 2.75) is 6.92 Å². The quantitative estimate of drug-likeness (QED) is 0.623. The summed E-state index contributed by atoms with van der Waals surface area (Å²) in [7, 11) is 0. The van der Waals surface area contributed by atoms with Crippen LogP contribution in [-0.4, -0.2) is 15.9 Å². The Labute approximate surface area is 115 Å². The number of carbonyl (C=O) groups excluding carboxylic acids is 1. The number of benzene rings is 1. The summed E-state index contributed by atoms with van der Waals surface area (Å²) in [6, 6.07) is 7.29. The van der Waals surface area contributed by atoms with Crippen molar-refractivity contribution >= 4 is 28.2 Å². The SMILES string of the molecule is Cc1ccncc1NC(=O)c1c[nH]c2ccc(N)cc12. The van der Waals surface area contributed by atoms with Gasteiger partial charge in [-0.2, -0.15) is 0 Å². The lowest BCUT2D eigenvalue weighted by Crippen LogP contribution is -2.12. The predicted molar refractivity (Wildman–Crippen MR) is 79.6 cm³/mol. The highest BCUT2D eigenvalue weighted by molar-refractivity contribution is 6.13. The van der Waals surface area contributed by atoms with Crippen molar-refractivity contribution < 1.29 is 4.79 Å². The molecule has 5 heteroatoms. The summed E-state index contributed by atoms with van der Waals surface area (Å²) >= 11 is 0. The molecule has 0 aliphatic heterocycles. The molecule has 2 heterocycles.